The zero-order valence-corrected chi connectivity index (χ0v) is 6.89. The highest BCUT2D eigenvalue weighted by molar-refractivity contribution is 5.46. The van der Waals surface area contributed by atoms with Crippen LogP contribution in [-0.2, 0) is 0 Å². The molecule has 0 atom stereocenters. The topological polar surface area (TPSA) is 47.9 Å². The molecule has 1 aromatic rings. The molecule has 0 aliphatic heterocycles. The molecule has 1 aromatic carbocycles. The van der Waals surface area contributed by atoms with Crippen LogP contribution >= 0.6 is 0 Å². The summed E-state index contributed by atoms with van der Waals surface area (Å²) >= 11 is 0. The van der Waals surface area contributed by atoms with E-state index in [1.54, 1.807) is 0 Å². The summed E-state index contributed by atoms with van der Waals surface area (Å²) in [4.78, 5) is 0. The summed E-state index contributed by atoms with van der Waals surface area (Å²) in [5.41, 5.74) is 3.72. The van der Waals surface area contributed by atoms with E-state index in [0.717, 1.165) is 5.43 Å². The SMILES string of the molecule is N#Cc1ccc(NNC(F)(F)F)cc1. The molecule has 0 saturated carbocycles. The van der Waals surface area contributed by atoms with Gasteiger partial charge in [-0.25, -0.2) is 0 Å². The molecule has 74 valence electrons. The number of nitrogens with zero attached hydrogens (tertiary/aromatic N) is 1. The summed E-state index contributed by atoms with van der Waals surface area (Å²) in [7, 11) is 0. The first-order chi connectivity index (χ1) is 6.51. The van der Waals surface area contributed by atoms with Gasteiger partial charge < -0.3 is 5.43 Å². The van der Waals surface area contributed by atoms with E-state index in [0.29, 0.717) is 5.56 Å². The molecule has 0 unspecified atom stereocenters. The quantitative estimate of drug-likeness (QED) is 0.568. The molecule has 0 radical (unpaired) electrons. The molecule has 2 N–H and O–H groups in total. The Kier molecular flexibility index (Phi) is 2.94. The lowest BCUT2D eigenvalue weighted by Crippen LogP contribution is -2.36. The lowest BCUT2D eigenvalue weighted by Gasteiger charge is -2.10. The van der Waals surface area contributed by atoms with Crippen LogP contribution in [0.25, 0.3) is 0 Å². The van der Waals surface area contributed by atoms with Gasteiger partial charge in [0.15, 0.2) is 0 Å². The van der Waals surface area contributed by atoms with E-state index in [1.165, 1.54) is 24.3 Å². The number of hydrazine groups is 1. The fourth-order valence-corrected chi connectivity index (χ4v) is 0.771. The second-order valence-electron chi connectivity index (χ2n) is 2.44. The van der Waals surface area contributed by atoms with Crippen molar-refractivity contribution in [1.82, 2.24) is 5.43 Å². The van der Waals surface area contributed by atoms with E-state index < -0.39 is 6.30 Å². The molecular weight excluding hydrogens is 195 g/mol. The third-order valence-electron chi connectivity index (χ3n) is 1.36. The van der Waals surface area contributed by atoms with Crippen LogP contribution in [0.5, 0.6) is 0 Å². The Morgan fingerprint density at radius 2 is 1.71 bits per heavy atom. The molecule has 0 saturated heterocycles. The van der Waals surface area contributed by atoms with Gasteiger partial charge in [0.05, 0.1) is 11.6 Å². The maximum absolute atomic E-state index is 11.7. The number of nitrogens with one attached hydrogen (secondary N) is 2. The summed E-state index contributed by atoms with van der Waals surface area (Å²) < 4.78 is 35.0. The van der Waals surface area contributed by atoms with Crippen molar-refractivity contribution in [2.45, 2.75) is 6.30 Å². The van der Waals surface area contributed by atoms with Gasteiger partial charge in [-0.2, -0.15) is 18.4 Å². The molecule has 0 aliphatic carbocycles. The predicted octanol–water partition coefficient (Wildman–Crippen LogP) is 1.99. The van der Waals surface area contributed by atoms with Crippen LogP contribution in [0.1, 0.15) is 5.56 Å². The minimum absolute atomic E-state index is 0.237. The Balaban J connectivity index is 2.58. The fourth-order valence-electron chi connectivity index (χ4n) is 0.771. The molecule has 0 spiro atoms. The summed E-state index contributed by atoms with van der Waals surface area (Å²) in [6.07, 6.45) is -4.48. The normalized spacial score (nSPS) is 10.7. The Hall–Kier alpha value is -1.74. The first kappa shape index (κ1) is 10.3. The fraction of sp³-hybridized carbons (Fsp3) is 0.125. The van der Waals surface area contributed by atoms with Crippen molar-refractivity contribution in [3.8, 4) is 6.07 Å². The number of nitriles is 1. The van der Waals surface area contributed by atoms with E-state index in [-0.39, 0.29) is 5.69 Å². The third-order valence-corrected chi connectivity index (χ3v) is 1.36. The van der Waals surface area contributed by atoms with Crippen LogP contribution in [0.4, 0.5) is 18.9 Å². The van der Waals surface area contributed by atoms with Crippen molar-refractivity contribution in [2.24, 2.45) is 0 Å². The predicted molar refractivity (Wildman–Crippen MR) is 44.0 cm³/mol. The van der Waals surface area contributed by atoms with E-state index in [9.17, 15) is 13.2 Å². The Labute approximate surface area is 78.1 Å². The maximum atomic E-state index is 11.7. The number of halogens is 3. The summed E-state index contributed by atoms with van der Waals surface area (Å²) in [5, 5.41) is 8.42. The number of hydrogen-bond donors (Lipinski definition) is 2. The van der Waals surface area contributed by atoms with Crippen LogP contribution < -0.4 is 10.9 Å². The van der Waals surface area contributed by atoms with Crippen LogP contribution in [0.15, 0.2) is 24.3 Å². The average molecular weight is 201 g/mol. The Morgan fingerprint density at radius 1 is 1.14 bits per heavy atom. The van der Waals surface area contributed by atoms with Crippen molar-refractivity contribution in [3.05, 3.63) is 29.8 Å². The van der Waals surface area contributed by atoms with E-state index >= 15 is 0 Å². The molecule has 6 heteroatoms. The van der Waals surface area contributed by atoms with Crippen LogP contribution in [0.3, 0.4) is 0 Å². The second kappa shape index (κ2) is 3.98. The van der Waals surface area contributed by atoms with E-state index in [4.69, 9.17) is 5.26 Å². The summed E-state index contributed by atoms with van der Waals surface area (Å²) in [6.45, 7) is 0. The highest BCUT2D eigenvalue weighted by Gasteiger charge is 2.26. The van der Waals surface area contributed by atoms with Gasteiger partial charge >= 0.3 is 6.30 Å². The van der Waals surface area contributed by atoms with Crippen molar-refractivity contribution >= 4 is 5.69 Å². The Bertz CT molecular complexity index is 336. The minimum atomic E-state index is -4.48. The minimum Gasteiger partial charge on any atom is -0.314 e. The molecule has 0 aromatic heterocycles. The standard InChI is InChI=1S/C8H6F3N3/c9-8(10,11)14-13-7-3-1-6(5-12)2-4-7/h1-4,13-14H. The lowest BCUT2D eigenvalue weighted by molar-refractivity contribution is -0.151. The zero-order valence-electron chi connectivity index (χ0n) is 6.89. The molecule has 0 fully saturated rings. The van der Waals surface area contributed by atoms with Gasteiger partial charge in [-0.05, 0) is 24.3 Å². The monoisotopic (exact) mass is 201 g/mol. The van der Waals surface area contributed by atoms with Gasteiger partial charge in [0, 0.05) is 5.69 Å². The van der Waals surface area contributed by atoms with Gasteiger partial charge in [-0.1, -0.05) is 0 Å². The van der Waals surface area contributed by atoms with Crippen LogP contribution in [0, 0.1) is 11.3 Å². The molecule has 14 heavy (non-hydrogen) atoms. The molecule has 3 nitrogen and oxygen atoms in total. The van der Waals surface area contributed by atoms with Gasteiger partial charge in [-0.3, -0.25) is 0 Å². The third kappa shape index (κ3) is 3.33. The highest BCUT2D eigenvalue weighted by atomic mass is 19.4. The number of hydrogen-bond acceptors (Lipinski definition) is 3. The summed E-state index contributed by atoms with van der Waals surface area (Å²) in [6, 6.07) is 7.43. The summed E-state index contributed by atoms with van der Waals surface area (Å²) in [5.74, 6) is 0. The van der Waals surface area contributed by atoms with Gasteiger partial charge in [-0.15, -0.1) is 5.43 Å². The average Bonchev–Trinajstić information content (AvgIpc) is 2.14. The first-order valence-corrected chi connectivity index (χ1v) is 3.61. The molecular formula is C8H6F3N3. The van der Waals surface area contributed by atoms with E-state index in [1.807, 2.05) is 11.5 Å². The molecule has 0 amide bonds. The molecule has 0 aliphatic rings. The smallest absolute Gasteiger partial charge is 0.314 e. The second-order valence-corrected chi connectivity index (χ2v) is 2.44. The van der Waals surface area contributed by atoms with Gasteiger partial charge in [0.2, 0.25) is 0 Å². The van der Waals surface area contributed by atoms with Crippen molar-refractivity contribution in [3.63, 3.8) is 0 Å². The number of benzene rings is 1. The zero-order chi connectivity index (χ0) is 10.6. The number of alkyl halides is 3. The highest BCUT2D eigenvalue weighted by Crippen LogP contribution is 2.12. The van der Waals surface area contributed by atoms with Crippen molar-refractivity contribution in [1.29, 1.82) is 5.26 Å². The number of rotatable bonds is 2. The molecule has 1 rings (SSSR count). The van der Waals surface area contributed by atoms with Crippen LogP contribution in [-0.4, -0.2) is 6.30 Å². The molecule has 0 heterocycles. The van der Waals surface area contributed by atoms with Crippen LogP contribution in [0.2, 0.25) is 0 Å². The van der Waals surface area contributed by atoms with E-state index in [2.05, 4.69) is 0 Å². The maximum Gasteiger partial charge on any atom is 0.474 e. The van der Waals surface area contributed by atoms with Gasteiger partial charge in [0.25, 0.3) is 0 Å². The van der Waals surface area contributed by atoms with Crippen molar-refractivity contribution in [2.75, 3.05) is 5.43 Å². The first-order valence-electron chi connectivity index (χ1n) is 3.61. The van der Waals surface area contributed by atoms with Crippen molar-refractivity contribution < 1.29 is 13.2 Å². The number of anilines is 1. The molecule has 0 bridgehead atoms. The lowest BCUT2D eigenvalue weighted by atomic mass is 10.2. The largest absolute Gasteiger partial charge is 0.474 e. The Morgan fingerprint density at radius 3 is 2.14 bits per heavy atom. The van der Waals surface area contributed by atoms with Gasteiger partial charge in [0.1, 0.15) is 0 Å².